The molecule has 0 spiro atoms. The van der Waals surface area contributed by atoms with E-state index in [-0.39, 0.29) is 0 Å². The highest BCUT2D eigenvalue weighted by Crippen LogP contribution is 2.43. The van der Waals surface area contributed by atoms with Crippen LogP contribution >= 0.6 is 68.2 Å². The van der Waals surface area contributed by atoms with Gasteiger partial charge < -0.3 is 0 Å². The first kappa shape index (κ1) is 16.7. The monoisotopic (exact) mass is 386 g/mol. The van der Waals surface area contributed by atoms with Crippen molar-refractivity contribution in [1.29, 1.82) is 0 Å². The van der Waals surface area contributed by atoms with E-state index in [9.17, 15) is 4.39 Å². The predicted molar refractivity (Wildman–Crippen MR) is 89.4 cm³/mol. The Morgan fingerprint density at radius 3 is 2.45 bits per heavy atom. The highest BCUT2D eigenvalue weighted by molar-refractivity contribution is 8.77. The van der Waals surface area contributed by atoms with Crippen LogP contribution in [0.15, 0.2) is 13.0 Å². The van der Waals surface area contributed by atoms with Gasteiger partial charge in [0.2, 0.25) is 0 Å². The van der Waals surface area contributed by atoms with E-state index in [1.165, 1.54) is 56.0 Å². The predicted octanol–water partition coefficient (Wildman–Crippen LogP) is 5.08. The number of hydrogen-bond acceptors (Lipinski definition) is 9. The molecule has 2 rings (SSSR count). The van der Waals surface area contributed by atoms with Crippen LogP contribution < -0.4 is 0 Å². The maximum Gasteiger partial charge on any atom is 0.186 e. The highest BCUT2D eigenvalue weighted by atomic mass is 33.1. The first-order valence-corrected chi connectivity index (χ1v) is 10.4. The number of nitrogens with zero attached hydrogens (tertiary/aromatic N) is 3. The normalized spacial score (nSPS) is 13.6. The average molecular weight is 387 g/mol. The maximum atomic E-state index is 13.4. The van der Waals surface area contributed by atoms with Crippen molar-refractivity contribution in [3.8, 4) is 0 Å². The lowest BCUT2D eigenvalue weighted by molar-refractivity contribution is 0.304. The highest BCUT2D eigenvalue weighted by Gasteiger charge is 2.28. The third kappa shape index (κ3) is 4.67. The number of aromatic nitrogens is 4. The van der Waals surface area contributed by atoms with Crippen LogP contribution in [0, 0.1) is 3.95 Å². The molecule has 0 aliphatic rings. The number of thioether (sulfide) groups is 1. The second kappa shape index (κ2) is 7.05. The molecule has 2 heterocycles. The summed E-state index contributed by atoms with van der Waals surface area (Å²) in [6.45, 7) is 5.29. The van der Waals surface area contributed by atoms with E-state index >= 15 is 0 Å². The van der Waals surface area contributed by atoms with Crippen molar-refractivity contribution < 1.29 is 4.39 Å². The molecule has 1 atom stereocenters. The Balaban J connectivity index is 1.94. The van der Waals surface area contributed by atoms with Gasteiger partial charge in [-0.05, 0) is 54.6 Å². The third-order valence-electron chi connectivity index (χ3n) is 2.30. The molecular weight excluding hydrogens is 376 g/mol. The van der Waals surface area contributed by atoms with E-state index in [1.54, 1.807) is 6.92 Å². The SMILES string of the molecule is CC(F)C(C)(C)Sc1nnc(SSc2n[nH]c(=S)s2)s1. The topological polar surface area (TPSA) is 54.5 Å². The summed E-state index contributed by atoms with van der Waals surface area (Å²) in [5.74, 6) is 0. The molecule has 11 heteroatoms. The fourth-order valence-electron chi connectivity index (χ4n) is 0.901. The summed E-state index contributed by atoms with van der Waals surface area (Å²) < 4.78 is 16.0. The van der Waals surface area contributed by atoms with Gasteiger partial charge in [0.05, 0.1) is 0 Å². The van der Waals surface area contributed by atoms with Crippen molar-refractivity contribution in [2.75, 3.05) is 0 Å². The van der Waals surface area contributed by atoms with Crippen molar-refractivity contribution >= 4 is 68.2 Å². The summed E-state index contributed by atoms with van der Waals surface area (Å²) in [7, 11) is 2.96. The van der Waals surface area contributed by atoms with Crippen molar-refractivity contribution in [1.82, 2.24) is 20.4 Å². The van der Waals surface area contributed by atoms with Crippen LogP contribution in [0.2, 0.25) is 0 Å². The van der Waals surface area contributed by atoms with Crippen LogP contribution in [0.4, 0.5) is 4.39 Å². The lowest BCUT2D eigenvalue weighted by atomic mass is 10.1. The number of H-pyrrole nitrogens is 1. The molecule has 4 nitrogen and oxygen atoms in total. The van der Waals surface area contributed by atoms with Crippen LogP contribution in [0.5, 0.6) is 0 Å². The molecule has 0 bridgehead atoms. The van der Waals surface area contributed by atoms with Crippen molar-refractivity contribution in [3.05, 3.63) is 3.95 Å². The van der Waals surface area contributed by atoms with Gasteiger partial charge in [0.15, 0.2) is 17.0 Å². The lowest BCUT2D eigenvalue weighted by Gasteiger charge is -2.23. The fraction of sp³-hybridized carbons (Fsp3) is 0.556. The summed E-state index contributed by atoms with van der Waals surface area (Å²) in [6, 6.07) is 0. The summed E-state index contributed by atoms with van der Waals surface area (Å²) >= 11 is 9.26. The van der Waals surface area contributed by atoms with Gasteiger partial charge in [-0.15, -0.1) is 10.2 Å². The van der Waals surface area contributed by atoms with Gasteiger partial charge >= 0.3 is 0 Å². The zero-order valence-electron chi connectivity index (χ0n) is 10.7. The quantitative estimate of drug-likeness (QED) is 0.422. The largest absolute Gasteiger partial charge is 0.257 e. The van der Waals surface area contributed by atoms with E-state index in [0.717, 1.165) is 13.0 Å². The molecule has 0 saturated heterocycles. The Labute approximate surface area is 141 Å². The van der Waals surface area contributed by atoms with E-state index in [1.807, 2.05) is 13.8 Å². The van der Waals surface area contributed by atoms with E-state index in [2.05, 4.69) is 20.4 Å². The smallest absolute Gasteiger partial charge is 0.186 e. The van der Waals surface area contributed by atoms with Gasteiger partial charge in [0.1, 0.15) is 6.17 Å². The average Bonchev–Trinajstić information content (AvgIpc) is 2.95. The zero-order valence-corrected chi connectivity index (χ0v) is 15.6. The van der Waals surface area contributed by atoms with Crippen LogP contribution in [0.3, 0.4) is 0 Å². The molecule has 2 aromatic heterocycles. The van der Waals surface area contributed by atoms with Crippen molar-refractivity contribution in [3.63, 3.8) is 0 Å². The van der Waals surface area contributed by atoms with Gasteiger partial charge in [-0.3, -0.25) is 5.10 Å². The van der Waals surface area contributed by atoms with Crippen molar-refractivity contribution in [2.45, 2.75) is 44.7 Å². The minimum Gasteiger partial charge on any atom is -0.257 e. The number of aromatic amines is 1. The summed E-state index contributed by atoms with van der Waals surface area (Å²) in [6.07, 6.45) is -0.918. The Morgan fingerprint density at radius 2 is 1.85 bits per heavy atom. The molecule has 0 saturated carbocycles. The Bertz CT molecular complexity index is 618. The number of hydrogen-bond donors (Lipinski definition) is 1. The fourth-order valence-corrected chi connectivity index (χ4v) is 6.82. The molecule has 0 aliphatic heterocycles. The maximum absolute atomic E-state index is 13.4. The minimum atomic E-state index is -0.918. The summed E-state index contributed by atoms with van der Waals surface area (Å²) in [4.78, 5) is 0. The van der Waals surface area contributed by atoms with Gasteiger partial charge in [0.25, 0.3) is 0 Å². The molecule has 0 aliphatic carbocycles. The van der Waals surface area contributed by atoms with Gasteiger partial charge in [0, 0.05) is 4.75 Å². The number of halogens is 1. The number of alkyl halides is 1. The first-order valence-electron chi connectivity index (χ1n) is 5.43. The van der Waals surface area contributed by atoms with Crippen molar-refractivity contribution in [2.24, 2.45) is 0 Å². The standard InChI is InChI=1S/C9H11FN4S6/c1-4(10)9(2,3)18-6-12-14-8(17-6)20-19-7-13-11-5(15)16-7/h4H,1-3H3,(H,11,15). The van der Waals surface area contributed by atoms with Gasteiger partial charge in [-0.2, -0.15) is 5.10 Å². The Morgan fingerprint density at radius 1 is 1.20 bits per heavy atom. The lowest BCUT2D eigenvalue weighted by Crippen LogP contribution is -2.26. The molecule has 20 heavy (non-hydrogen) atoms. The molecule has 2 aromatic rings. The summed E-state index contributed by atoms with van der Waals surface area (Å²) in [5.41, 5.74) is 0. The van der Waals surface area contributed by atoms with Crippen LogP contribution in [-0.2, 0) is 0 Å². The third-order valence-corrected chi connectivity index (χ3v) is 8.67. The molecule has 0 fully saturated rings. The van der Waals surface area contributed by atoms with Crippen LogP contribution in [0.25, 0.3) is 0 Å². The number of rotatable bonds is 6. The molecule has 0 radical (unpaired) electrons. The molecule has 0 aromatic carbocycles. The zero-order chi connectivity index (χ0) is 14.8. The molecule has 110 valence electrons. The van der Waals surface area contributed by atoms with Gasteiger partial charge in [-0.1, -0.05) is 34.4 Å². The first-order chi connectivity index (χ1) is 9.37. The van der Waals surface area contributed by atoms with E-state index < -0.39 is 10.9 Å². The molecule has 1 unspecified atom stereocenters. The van der Waals surface area contributed by atoms with Gasteiger partial charge in [-0.25, -0.2) is 4.39 Å². The molecule has 0 amide bonds. The van der Waals surface area contributed by atoms with Crippen LogP contribution in [-0.4, -0.2) is 31.3 Å². The van der Waals surface area contributed by atoms with E-state index in [0.29, 0.717) is 3.95 Å². The second-order valence-electron chi connectivity index (χ2n) is 4.20. The molecule has 1 N–H and O–H groups in total. The van der Waals surface area contributed by atoms with Crippen LogP contribution in [0.1, 0.15) is 20.8 Å². The second-order valence-corrected chi connectivity index (χ2v) is 11.4. The minimum absolute atomic E-state index is 0.504. The summed E-state index contributed by atoms with van der Waals surface area (Å²) in [5, 5.41) is 15.0. The Kier molecular flexibility index (Phi) is 5.88. The van der Waals surface area contributed by atoms with E-state index in [4.69, 9.17) is 12.2 Å². The Hall–Kier alpha value is 0.320. The molecular formula is C9H11FN4S6. The number of nitrogens with one attached hydrogen (secondary N) is 1.